The SMILES string of the molecule is COc1cccc(-c2cc3c(=O)n(CC(O)c4ccc(Cl)cc4)ccn3n2)c1. The van der Waals surface area contributed by atoms with Gasteiger partial charge in [-0.1, -0.05) is 35.9 Å². The van der Waals surface area contributed by atoms with Crippen molar-refractivity contribution >= 4 is 17.1 Å². The van der Waals surface area contributed by atoms with E-state index in [1.165, 1.54) is 4.57 Å². The predicted molar refractivity (Wildman–Crippen MR) is 108 cm³/mol. The number of methoxy groups -OCH3 is 1. The number of ether oxygens (including phenoxy) is 1. The first-order valence-electron chi connectivity index (χ1n) is 8.72. The van der Waals surface area contributed by atoms with E-state index in [0.717, 1.165) is 11.3 Å². The van der Waals surface area contributed by atoms with Crippen LogP contribution in [0.1, 0.15) is 11.7 Å². The topological polar surface area (TPSA) is 68.8 Å². The van der Waals surface area contributed by atoms with Crippen molar-refractivity contribution in [3.63, 3.8) is 0 Å². The maximum atomic E-state index is 12.9. The second-order valence-corrected chi connectivity index (χ2v) is 6.85. The van der Waals surface area contributed by atoms with Crippen LogP contribution in [0.3, 0.4) is 0 Å². The highest BCUT2D eigenvalue weighted by Gasteiger charge is 2.13. The summed E-state index contributed by atoms with van der Waals surface area (Å²) in [7, 11) is 1.60. The van der Waals surface area contributed by atoms with Crippen molar-refractivity contribution in [3.05, 3.63) is 87.9 Å². The highest BCUT2D eigenvalue weighted by atomic mass is 35.5. The minimum atomic E-state index is -0.821. The summed E-state index contributed by atoms with van der Waals surface area (Å²) in [4.78, 5) is 12.9. The Kier molecular flexibility index (Phi) is 4.90. The minimum absolute atomic E-state index is 0.136. The molecule has 0 bridgehead atoms. The highest BCUT2D eigenvalue weighted by molar-refractivity contribution is 6.30. The van der Waals surface area contributed by atoms with Crippen LogP contribution in [0.2, 0.25) is 5.02 Å². The van der Waals surface area contributed by atoms with Crippen LogP contribution in [-0.4, -0.2) is 26.4 Å². The molecule has 1 N–H and O–H groups in total. The molecule has 0 fully saturated rings. The fourth-order valence-electron chi connectivity index (χ4n) is 3.07. The molecule has 0 saturated carbocycles. The molecule has 0 aliphatic carbocycles. The number of fused-ring (bicyclic) bond motifs is 1. The molecule has 4 rings (SSSR count). The molecule has 4 aromatic rings. The summed E-state index contributed by atoms with van der Waals surface area (Å²) in [5.74, 6) is 0.720. The summed E-state index contributed by atoms with van der Waals surface area (Å²) in [5, 5.41) is 15.5. The van der Waals surface area contributed by atoms with Crippen LogP contribution in [0.25, 0.3) is 16.8 Å². The average molecular weight is 396 g/mol. The molecule has 0 radical (unpaired) electrons. The lowest BCUT2D eigenvalue weighted by atomic mass is 10.1. The normalized spacial score (nSPS) is 12.2. The van der Waals surface area contributed by atoms with E-state index >= 15 is 0 Å². The van der Waals surface area contributed by atoms with E-state index in [1.807, 2.05) is 24.3 Å². The molecule has 0 aliphatic rings. The molecule has 0 spiro atoms. The van der Waals surface area contributed by atoms with Crippen LogP contribution < -0.4 is 10.3 Å². The zero-order valence-corrected chi connectivity index (χ0v) is 15.9. The van der Waals surface area contributed by atoms with Gasteiger partial charge >= 0.3 is 0 Å². The minimum Gasteiger partial charge on any atom is -0.497 e. The summed E-state index contributed by atoms with van der Waals surface area (Å²) in [6.07, 6.45) is 2.50. The first kappa shape index (κ1) is 18.3. The van der Waals surface area contributed by atoms with Crippen LogP contribution in [0.4, 0.5) is 0 Å². The van der Waals surface area contributed by atoms with Crippen LogP contribution in [0, 0.1) is 0 Å². The Balaban J connectivity index is 1.67. The van der Waals surface area contributed by atoms with Crippen molar-refractivity contribution in [1.29, 1.82) is 0 Å². The Morgan fingerprint density at radius 3 is 2.68 bits per heavy atom. The van der Waals surface area contributed by atoms with Gasteiger partial charge in [0.1, 0.15) is 11.3 Å². The number of aliphatic hydroxyl groups excluding tert-OH is 1. The van der Waals surface area contributed by atoms with Crippen molar-refractivity contribution in [2.45, 2.75) is 12.6 Å². The van der Waals surface area contributed by atoms with Gasteiger partial charge in [-0.25, -0.2) is 4.52 Å². The lowest BCUT2D eigenvalue weighted by molar-refractivity contribution is 0.155. The third-order valence-electron chi connectivity index (χ3n) is 4.59. The summed E-state index contributed by atoms with van der Waals surface area (Å²) >= 11 is 5.88. The van der Waals surface area contributed by atoms with E-state index in [2.05, 4.69) is 5.10 Å². The quantitative estimate of drug-likeness (QED) is 0.561. The molecule has 0 aliphatic heterocycles. The van der Waals surface area contributed by atoms with Gasteiger partial charge in [0.2, 0.25) is 0 Å². The van der Waals surface area contributed by atoms with Crippen LogP contribution in [0.5, 0.6) is 5.75 Å². The van der Waals surface area contributed by atoms with Gasteiger partial charge < -0.3 is 14.4 Å². The Labute approximate surface area is 166 Å². The molecule has 2 aromatic carbocycles. The molecule has 1 unspecified atom stereocenters. The Morgan fingerprint density at radius 1 is 1.14 bits per heavy atom. The van der Waals surface area contributed by atoms with Gasteiger partial charge in [-0.05, 0) is 35.9 Å². The number of hydrogen-bond donors (Lipinski definition) is 1. The number of halogens is 1. The van der Waals surface area contributed by atoms with Crippen LogP contribution >= 0.6 is 11.6 Å². The maximum absolute atomic E-state index is 12.9. The van der Waals surface area contributed by atoms with Gasteiger partial charge in [-0.2, -0.15) is 5.10 Å². The van der Waals surface area contributed by atoms with Crippen molar-refractivity contribution in [2.75, 3.05) is 7.11 Å². The van der Waals surface area contributed by atoms with Gasteiger partial charge in [0.05, 0.1) is 25.5 Å². The Hall–Kier alpha value is -3.09. The Morgan fingerprint density at radius 2 is 1.93 bits per heavy atom. The van der Waals surface area contributed by atoms with Crippen molar-refractivity contribution in [3.8, 4) is 17.0 Å². The van der Waals surface area contributed by atoms with Gasteiger partial charge in [0.25, 0.3) is 5.56 Å². The molecule has 6 nitrogen and oxygen atoms in total. The first-order chi connectivity index (χ1) is 13.5. The first-order valence-corrected chi connectivity index (χ1v) is 9.10. The van der Waals surface area contributed by atoms with Crippen molar-refractivity contribution in [2.24, 2.45) is 0 Å². The fraction of sp³-hybridized carbons (Fsp3) is 0.143. The fourth-order valence-corrected chi connectivity index (χ4v) is 3.20. The molecular weight excluding hydrogens is 378 g/mol. The standard InChI is InChI=1S/C21H18ClN3O3/c1-28-17-4-2-3-15(11-17)18-12-19-21(27)24(9-10-25(19)23-18)13-20(26)14-5-7-16(22)8-6-14/h2-12,20,26H,13H2,1H3. The van der Waals surface area contributed by atoms with E-state index in [-0.39, 0.29) is 12.1 Å². The average Bonchev–Trinajstić information content (AvgIpc) is 3.16. The van der Waals surface area contributed by atoms with Gasteiger partial charge in [0.15, 0.2) is 0 Å². The van der Waals surface area contributed by atoms with Crippen molar-refractivity contribution < 1.29 is 9.84 Å². The number of aliphatic hydroxyl groups is 1. The molecule has 2 heterocycles. The molecule has 0 saturated heterocycles. The van der Waals surface area contributed by atoms with E-state index in [4.69, 9.17) is 16.3 Å². The molecule has 2 aromatic heterocycles. The number of benzene rings is 2. The zero-order chi connectivity index (χ0) is 19.7. The van der Waals surface area contributed by atoms with Crippen LogP contribution in [0.15, 0.2) is 71.8 Å². The van der Waals surface area contributed by atoms with E-state index in [1.54, 1.807) is 54.4 Å². The van der Waals surface area contributed by atoms with Crippen LogP contribution in [-0.2, 0) is 6.54 Å². The number of hydrogen-bond acceptors (Lipinski definition) is 4. The summed E-state index contributed by atoms with van der Waals surface area (Å²) < 4.78 is 8.27. The summed E-state index contributed by atoms with van der Waals surface area (Å²) in [6, 6.07) is 16.2. The zero-order valence-electron chi connectivity index (χ0n) is 15.1. The van der Waals surface area contributed by atoms with E-state index in [9.17, 15) is 9.90 Å². The van der Waals surface area contributed by atoms with E-state index < -0.39 is 6.10 Å². The molecule has 1 atom stereocenters. The molecule has 0 amide bonds. The number of rotatable bonds is 5. The second kappa shape index (κ2) is 7.50. The van der Waals surface area contributed by atoms with Gasteiger partial charge in [0, 0.05) is 23.0 Å². The molecule has 7 heteroatoms. The second-order valence-electron chi connectivity index (χ2n) is 6.41. The molecule has 142 valence electrons. The summed E-state index contributed by atoms with van der Waals surface area (Å²) in [5.41, 5.74) is 2.43. The lowest BCUT2D eigenvalue weighted by Gasteiger charge is -2.13. The van der Waals surface area contributed by atoms with Gasteiger partial charge in [-0.15, -0.1) is 0 Å². The number of aromatic nitrogens is 3. The van der Waals surface area contributed by atoms with Gasteiger partial charge in [-0.3, -0.25) is 4.79 Å². The summed E-state index contributed by atoms with van der Waals surface area (Å²) in [6.45, 7) is 0.136. The lowest BCUT2D eigenvalue weighted by Crippen LogP contribution is -2.24. The molecular formula is C21H18ClN3O3. The van der Waals surface area contributed by atoms with Crippen molar-refractivity contribution in [1.82, 2.24) is 14.2 Å². The molecule has 28 heavy (non-hydrogen) atoms. The third-order valence-corrected chi connectivity index (χ3v) is 4.85. The maximum Gasteiger partial charge on any atom is 0.276 e. The Bertz CT molecular complexity index is 1180. The smallest absolute Gasteiger partial charge is 0.276 e. The highest BCUT2D eigenvalue weighted by Crippen LogP contribution is 2.23. The number of nitrogens with zero attached hydrogens (tertiary/aromatic N) is 3. The van der Waals surface area contributed by atoms with E-state index in [0.29, 0.717) is 21.8 Å². The monoisotopic (exact) mass is 395 g/mol. The predicted octanol–water partition coefficient (Wildman–Crippen LogP) is 3.56. The third kappa shape index (κ3) is 3.52. The largest absolute Gasteiger partial charge is 0.497 e.